The number of hydrogen-bond donors (Lipinski definition) is 1. The molecular weight excluding hydrogens is 340 g/mol. The second-order valence-corrected chi connectivity index (χ2v) is 8.07. The molecule has 0 bridgehead atoms. The highest BCUT2D eigenvalue weighted by molar-refractivity contribution is 7.91. The molecule has 2 aromatic rings. The smallest absolute Gasteiger partial charge is 0.252 e. The van der Waals surface area contributed by atoms with Gasteiger partial charge in [0, 0.05) is 39.7 Å². The summed E-state index contributed by atoms with van der Waals surface area (Å²) in [6.45, 7) is 0.784. The van der Waals surface area contributed by atoms with Crippen LogP contribution in [0.5, 0.6) is 0 Å². The number of rotatable bonds is 8. The van der Waals surface area contributed by atoms with Crippen molar-refractivity contribution in [2.75, 3.05) is 27.3 Å². The van der Waals surface area contributed by atoms with Gasteiger partial charge in [0.2, 0.25) is 0 Å². The molecule has 23 heavy (non-hydrogen) atoms. The predicted molar refractivity (Wildman–Crippen MR) is 86.3 cm³/mol. The van der Waals surface area contributed by atoms with Gasteiger partial charge >= 0.3 is 0 Å². The van der Waals surface area contributed by atoms with Crippen molar-refractivity contribution in [3.63, 3.8) is 0 Å². The maximum absolute atomic E-state index is 12.6. The topological polar surface area (TPSA) is 108 Å². The number of methoxy groups -OCH3 is 1. The zero-order valence-electron chi connectivity index (χ0n) is 12.8. The van der Waals surface area contributed by atoms with Gasteiger partial charge in [0.25, 0.3) is 15.9 Å². The molecule has 0 spiro atoms. The molecular formula is C13H18N4O4S2. The highest BCUT2D eigenvalue weighted by atomic mass is 32.2. The van der Waals surface area contributed by atoms with E-state index in [1.165, 1.54) is 28.3 Å². The Morgan fingerprint density at radius 1 is 1.52 bits per heavy atom. The molecule has 2 N–H and O–H groups in total. The SMILES string of the molecule is COCCCN(C)S(=O)(=O)c1cc(C(N)=O)c(-n2cccn2)s1. The van der Waals surface area contributed by atoms with Crippen LogP contribution in [0.1, 0.15) is 16.8 Å². The second-order valence-electron chi connectivity index (χ2n) is 4.77. The van der Waals surface area contributed by atoms with E-state index in [4.69, 9.17) is 10.5 Å². The van der Waals surface area contributed by atoms with E-state index in [-0.39, 0.29) is 9.77 Å². The van der Waals surface area contributed by atoms with Crippen LogP contribution in [-0.2, 0) is 14.8 Å². The fourth-order valence-corrected chi connectivity index (χ4v) is 4.75. The lowest BCUT2D eigenvalue weighted by molar-refractivity contribution is 0.100. The Balaban J connectivity index is 2.36. The number of nitrogens with zero attached hydrogens (tertiary/aromatic N) is 3. The number of aromatic nitrogens is 2. The number of primary amides is 1. The molecule has 126 valence electrons. The van der Waals surface area contributed by atoms with Gasteiger partial charge in [-0.3, -0.25) is 4.79 Å². The Hall–Kier alpha value is -1.75. The molecule has 2 rings (SSSR count). The highest BCUT2D eigenvalue weighted by Gasteiger charge is 2.27. The summed E-state index contributed by atoms with van der Waals surface area (Å²) in [4.78, 5) is 11.6. The molecule has 0 radical (unpaired) electrons. The first-order chi connectivity index (χ1) is 10.9. The summed E-state index contributed by atoms with van der Waals surface area (Å²) in [5, 5.41) is 4.41. The Bertz CT molecular complexity index is 768. The van der Waals surface area contributed by atoms with Gasteiger partial charge in [-0.15, -0.1) is 11.3 Å². The summed E-state index contributed by atoms with van der Waals surface area (Å²) < 4.78 is 32.8. The van der Waals surface area contributed by atoms with Crippen LogP contribution in [0.3, 0.4) is 0 Å². The largest absolute Gasteiger partial charge is 0.385 e. The number of nitrogens with two attached hydrogens (primary N) is 1. The molecule has 2 heterocycles. The van der Waals surface area contributed by atoms with Gasteiger partial charge in [-0.05, 0) is 18.6 Å². The zero-order chi connectivity index (χ0) is 17.0. The number of thiophene rings is 1. The van der Waals surface area contributed by atoms with Crippen molar-refractivity contribution in [1.82, 2.24) is 14.1 Å². The van der Waals surface area contributed by atoms with Crippen LogP contribution in [0.2, 0.25) is 0 Å². The summed E-state index contributed by atoms with van der Waals surface area (Å²) in [5.74, 6) is -0.699. The minimum absolute atomic E-state index is 0.0525. The first-order valence-corrected chi connectivity index (χ1v) is 9.02. The van der Waals surface area contributed by atoms with Crippen molar-refractivity contribution in [2.24, 2.45) is 5.73 Å². The third-order valence-electron chi connectivity index (χ3n) is 3.15. The standard InChI is InChI=1S/C13H18N4O4S2/c1-16(6-4-8-21-2)23(19,20)11-9-10(12(14)18)13(22-11)17-7-3-5-15-17/h3,5,7,9H,4,6,8H2,1-2H3,(H2,14,18). The van der Waals surface area contributed by atoms with Gasteiger partial charge < -0.3 is 10.5 Å². The summed E-state index contributed by atoms with van der Waals surface area (Å²) in [5.41, 5.74) is 5.48. The van der Waals surface area contributed by atoms with Crippen LogP contribution in [0.25, 0.3) is 5.00 Å². The summed E-state index contributed by atoms with van der Waals surface area (Å²) in [7, 11) is -0.651. The number of carbonyl (C=O) groups excluding carboxylic acids is 1. The molecule has 0 aromatic carbocycles. The highest BCUT2D eigenvalue weighted by Crippen LogP contribution is 2.31. The number of sulfonamides is 1. The summed E-state index contributed by atoms with van der Waals surface area (Å²) >= 11 is 0.959. The monoisotopic (exact) mass is 358 g/mol. The average Bonchev–Trinajstić information content (AvgIpc) is 3.16. The van der Waals surface area contributed by atoms with Crippen molar-refractivity contribution in [3.8, 4) is 5.00 Å². The van der Waals surface area contributed by atoms with Gasteiger partial charge in [0.15, 0.2) is 0 Å². The van der Waals surface area contributed by atoms with E-state index in [0.29, 0.717) is 24.6 Å². The van der Waals surface area contributed by atoms with Gasteiger partial charge in [0.05, 0.1) is 5.56 Å². The lowest BCUT2D eigenvalue weighted by Gasteiger charge is -2.15. The molecule has 0 atom stereocenters. The normalized spacial score (nSPS) is 12.0. The molecule has 0 saturated heterocycles. The molecule has 0 unspecified atom stereocenters. The Morgan fingerprint density at radius 3 is 2.83 bits per heavy atom. The van der Waals surface area contributed by atoms with Crippen LogP contribution >= 0.6 is 11.3 Å². The van der Waals surface area contributed by atoms with Gasteiger partial charge in [-0.2, -0.15) is 5.10 Å². The van der Waals surface area contributed by atoms with Crippen molar-refractivity contribution >= 4 is 27.3 Å². The molecule has 0 aliphatic carbocycles. The number of hydrogen-bond acceptors (Lipinski definition) is 6. The number of ether oxygens (including phenoxy) is 1. The lowest BCUT2D eigenvalue weighted by atomic mass is 10.3. The summed E-state index contributed by atoms with van der Waals surface area (Å²) in [6.07, 6.45) is 3.73. The minimum atomic E-state index is -3.70. The van der Waals surface area contributed by atoms with E-state index in [0.717, 1.165) is 11.3 Å². The van der Waals surface area contributed by atoms with Crippen molar-refractivity contribution in [1.29, 1.82) is 0 Å². The van der Waals surface area contributed by atoms with Crippen molar-refractivity contribution in [3.05, 3.63) is 30.1 Å². The summed E-state index contributed by atoms with van der Waals surface area (Å²) in [6, 6.07) is 2.97. The van der Waals surface area contributed by atoms with Crippen molar-refractivity contribution in [2.45, 2.75) is 10.6 Å². The molecule has 1 amide bonds. The Kier molecular flexibility index (Phi) is 5.52. The molecule has 0 aliphatic rings. The quantitative estimate of drug-likeness (QED) is 0.699. The molecule has 8 nitrogen and oxygen atoms in total. The fraction of sp³-hybridized carbons (Fsp3) is 0.385. The first-order valence-electron chi connectivity index (χ1n) is 6.77. The van der Waals surface area contributed by atoms with Crippen LogP contribution in [0.4, 0.5) is 0 Å². The van der Waals surface area contributed by atoms with E-state index >= 15 is 0 Å². The molecule has 0 fully saturated rings. The van der Waals surface area contributed by atoms with E-state index in [1.54, 1.807) is 19.4 Å². The average molecular weight is 358 g/mol. The van der Waals surface area contributed by atoms with E-state index in [1.807, 2.05) is 0 Å². The lowest BCUT2D eigenvalue weighted by Crippen LogP contribution is -2.28. The fourth-order valence-electron chi connectivity index (χ4n) is 1.93. The molecule has 2 aromatic heterocycles. The predicted octanol–water partition coefficient (Wildman–Crippen LogP) is 0.690. The zero-order valence-corrected chi connectivity index (χ0v) is 14.4. The molecule has 0 aliphatic heterocycles. The Labute approximate surface area is 138 Å². The third kappa shape index (κ3) is 3.78. The Morgan fingerprint density at radius 2 is 2.26 bits per heavy atom. The maximum Gasteiger partial charge on any atom is 0.252 e. The second kappa shape index (κ2) is 7.21. The van der Waals surface area contributed by atoms with E-state index in [2.05, 4.69) is 5.10 Å². The number of amides is 1. The molecule has 10 heteroatoms. The number of carbonyl (C=O) groups is 1. The maximum atomic E-state index is 12.6. The van der Waals surface area contributed by atoms with Crippen LogP contribution < -0.4 is 5.73 Å². The van der Waals surface area contributed by atoms with Gasteiger partial charge in [0.1, 0.15) is 9.21 Å². The minimum Gasteiger partial charge on any atom is -0.385 e. The van der Waals surface area contributed by atoms with E-state index in [9.17, 15) is 13.2 Å². The third-order valence-corrected chi connectivity index (χ3v) is 6.58. The van der Waals surface area contributed by atoms with Gasteiger partial charge in [-0.25, -0.2) is 17.4 Å². The van der Waals surface area contributed by atoms with Crippen LogP contribution in [0, 0.1) is 0 Å². The van der Waals surface area contributed by atoms with E-state index < -0.39 is 15.9 Å². The van der Waals surface area contributed by atoms with Crippen LogP contribution in [-0.4, -0.2) is 55.7 Å². The molecule has 0 saturated carbocycles. The van der Waals surface area contributed by atoms with Gasteiger partial charge in [-0.1, -0.05) is 0 Å². The van der Waals surface area contributed by atoms with Crippen LogP contribution in [0.15, 0.2) is 28.7 Å². The van der Waals surface area contributed by atoms with Crippen molar-refractivity contribution < 1.29 is 17.9 Å². The first kappa shape index (κ1) is 17.6.